The second kappa shape index (κ2) is 6.48. The van der Waals surface area contributed by atoms with Crippen LogP contribution in [0.15, 0.2) is 28.0 Å². The third-order valence-corrected chi connectivity index (χ3v) is 7.04. The van der Waals surface area contributed by atoms with Crippen LogP contribution in [0.1, 0.15) is 56.3 Å². The van der Waals surface area contributed by atoms with Crippen molar-refractivity contribution in [3.05, 3.63) is 50.3 Å². The quantitative estimate of drug-likeness (QED) is 0.479. The van der Waals surface area contributed by atoms with Gasteiger partial charge in [0.1, 0.15) is 5.82 Å². The highest BCUT2D eigenvalue weighted by molar-refractivity contribution is 5.74. The second-order valence-electron chi connectivity index (χ2n) is 8.97. The molecule has 2 fully saturated rings. The lowest BCUT2D eigenvalue weighted by Gasteiger charge is -2.16. The van der Waals surface area contributed by atoms with E-state index in [9.17, 15) is 9.59 Å². The van der Waals surface area contributed by atoms with E-state index >= 15 is 0 Å². The summed E-state index contributed by atoms with van der Waals surface area (Å²) in [4.78, 5) is 31.8. The number of rotatable bonds is 6. The number of hydrogen-bond acceptors (Lipinski definition) is 6. The number of nitrogens with zero attached hydrogens (tertiary/aromatic N) is 4. The summed E-state index contributed by atoms with van der Waals surface area (Å²) in [5.41, 5.74) is 3.26. The Bertz CT molecular complexity index is 1320. The summed E-state index contributed by atoms with van der Waals surface area (Å²) < 4.78 is 2.12. The van der Waals surface area contributed by atoms with Crippen LogP contribution in [0.25, 0.3) is 16.8 Å². The summed E-state index contributed by atoms with van der Waals surface area (Å²) in [6.07, 6.45) is 9.54. The summed E-state index contributed by atoms with van der Waals surface area (Å²) in [6, 6.07) is 2.39. The molecule has 0 unspecified atom stereocenters. The predicted octanol–water partition coefficient (Wildman–Crippen LogP) is 2.54. The molecule has 0 bridgehead atoms. The standard InChI is InChI=1S/C22H24N6O2/c1-2-12-7-11(9-15-18(20(30)19(15)29)25-13-3-4-13)8-14(12)22-27-26-17-10-24-21-16(28(17)22)5-6-23-21/h5-6,10-14,23,25H,2-4,7-9H2,1H3/t11-,12+,14-/m0/s1. The number of H-pyrrole nitrogens is 1. The number of fused-ring (bicyclic) bond motifs is 3. The van der Waals surface area contributed by atoms with E-state index in [2.05, 4.69) is 36.8 Å². The van der Waals surface area contributed by atoms with E-state index in [1.165, 1.54) is 0 Å². The van der Waals surface area contributed by atoms with Crippen molar-refractivity contribution >= 4 is 22.5 Å². The van der Waals surface area contributed by atoms with Gasteiger partial charge in [0.2, 0.25) is 10.9 Å². The van der Waals surface area contributed by atoms with Crippen LogP contribution in [0.5, 0.6) is 0 Å². The van der Waals surface area contributed by atoms with Crippen molar-refractivity contribution in [3.8, 4) is 0 Å². The highest BCUT2D eigenvalue weighted by atomic mass is 16.2. The first kappa shape index (κ1) is 17.8. The molecule has 0 saturated heterocycles. The Hall–Kier alpha value is -3.03. The minimum absolute atomic E-state index is 0.279. The number of hydrogen-bond donors (Lipinski definition) is 2. The molecule has 0 aliphatic heterocycles. The molecule has 3 heterocycles. The minimum Gasteiger partial charge on any atom is -0.379 e. The maximum Gasteiger partial charge on any atom is 0.249 e. The van der Waals surface area contributed by atoms with E-state index in [1.54, 1.807) is 6.20 Å². The van der Waals surface area contributed by atoms with Crippen molar-refractivity contribution in [3.63, 3.8) is 0 Å². The Kier molecular flexibility index (Phi) is 3.85. The third-order valence-electron chi connectivity index (χ3n) is 7.04. The van der Waals surface area contributed by atoms with E-state index in [0.717, 1.165) is 60.3 Å². The second-order valence-corrected chi connectivity index (χ2v) is 8.97. The van der Waals surface area contributed by atoms with Gasteiger partial charge in [-0.1, -0.05) is 13.3 Å². The van der Waals surface area contributed by atoms with Gasteiger partial charge in [0.05, 0.1) is 17.4 Å². The Morgan fingerprint density at radius 1 is 1.20 bits per heavy atom. The van der Waals surface area contributed by atoms with Crippen LogP contribution in [0.3, 0.4) is 0 Å². The number of aromatic nitrogens is 5. The van der Waals surface area contributed by atoms with Crippen molar-refractivity contribution in [1.29, 1.82) is 0 Å². The molecule has 8 nitrogen and oxygen atoms in total. The van der Waals surface area contributed by atoms with Crippen molar-refractivity contribution in [2.45, 2.75) is 57.4 Å². The van der Waals surface area contributed by atoms with E-state index in [4.69, 9.17) is 0 Å². The zero-order valence-electron chi connectivity index (χ0n) is 16.9. The van der Waals surface area contributed by atoms with Gasteiger partial charge in [-0.15, -0.1) is 10.2 Å². The monoisotopic (exact) mass is 404 g/mol. The van der Waals surface area contributed by atoms with Crippen LogP contribution < -0.4 is 16.2 Å². The van der Waals surface area contributed by atoms with Crippen LogP contribution in [0.2, 0.25) is 0 Å². The normalized spacial score (nSPS) is 24.4. The van der Waals surface area contributed by atoms with Crippen LogP contribution in [0, 0.1) is 11.8 Å². The Morgan fingerprint density at radius 2 is 2.07 bits per heavy atom. The van der Waals surface area contributed by atoms with Crippen molar-refractivity contribution in [1.82, 2.24) is 24.6 Å². The third kappa shape index (κ3) is 2.62. The first-order valence-corrected chi connectivity index (χ1v) is 10.9. The molecular weight excluding hydrogens is 380 g/mol. The molecule has 0 radical (unpaired) electrons. The van der Waals surface area contributed by atoms with Crippen LogP contribution in [0.4, 0.5) is 5.69 Å². The minimum atomic E-state index is -0.329. The molecule has 6 rings (SSSR count). The van der Waals surface area contributed by atoms with Gasteiger partial charge in [0.25, 0.3) is 0 Å². The van der Waals surface area contributed by atoms with Crippen LogP contribution in [-0.2, 0) is 6.42 Å². The molecule has 3 atom stereocenters. The van der Waals surface area contributed by atoms with E-state index in [1.807, 2.05) is 12.3 Å². The SMILES string of the molecule is CC[C@@H]1C[C@H](Cc2c(NC3CC3)c(=O)c2=O)C[C@@H]1c1nnc2cnc3[nH]ccc3n12. The van der Waals surface area contributed by atoms with Gasteiger partial charge in [-0.3, -0.25) is 14.0 Å². The molecule has 154 valence electrons. The Balaban J connectivity index is 1.31. The lowest BCUT2D eigenvalue weighted by Crippen LogP contribution is -2.39. The zero-order valence-corrected chi connectivity index (χ0v) is 16.9. The summed E-state index contributed by atoms with van der Waals surface area (Å²) in [6.45, 7) is 2.22. The molecular formula is C22H24N6O2. The molecule has 0 amide bonds. The molecule has 30 heavy (non-hydrogen) atoms. The maximum atomic E-state index is 12.2. The fourth-order valence-corrected chi connectivity index (χ4v) is 5.32. The van der Waals surface area contributed by atoms with Gasteiger partial charge in [-0.05, 0) is 50.0 Å². The van der Waals surface area contributed by atoms with Crippen LogP contribution in [-0.4, -0.2) is 30.6 Å². The van der Waals surface area contributed by atoms with Gasteiger partial charge in [0, 0.05) is 23.7 Å². The molecule has 2 aliphatic rings. The van der Waals surface area contributed by atoms with Crippen molar-refractivity contribution in [2.75, 3.05) is 5.32 Å². The molecule has 8 heteroatoms. The number of anilines is 1. The zero-order chi connectivity index (χ0) is 20.4. The Labute approximate surface area is 172 Å². The number of aromatic amines is 1. The van der Waals surface area contributed by atoms with E-state index < -0.39 is 0 Å². The van der Waals surface area contributed by atoms with Gasteiger partial charge in [0.15, 0.2) is 11.3 Å². The van der Waals surface area contributed by atoms with Gasteiger partial charge >= 0.3 is 0 Å². The molecule has 3 aromatic heterocycles. The molecule has 0 spiro atoms. The molecule has 2 saturated carbocycles. The average Bonchev–Trinajstić information content (AvgIpc) is 3.15. The summed E-state index contributed by atoms with van der Waals surface area (Å²) >= 11 is 0. The van der Waals surface area contributed by atoms with Gasteiger partial charge in [-0.25, -0.2) is 4.98 Å². The van der Waals surface area contributed by atoms with Crippen molar-refractivity contribution < 1.29 is 0 Å². The highest BCUT2D eigenvalue weighted by Gasteiger charge is 2.39. The lowest BCUT2D eigenvalue weighted by atomic mass is 9.92. The first-order chi connectivity index (χ1) is 14.6. The number of nitrogens with one attached hydrogen (secondary N) is 2. The smallest absolute Gasteiger partial charge is 0.249 e. The first-order valence-electron chi connectivity index (χ1n) is 10.9. The largest absolute Gasteiger partial charge is 0.379 e. The topological polar surface area (TPSA) is 105 Å². The molecule has 2 aliphatic carbocycles. The highest BCUT2D eigenvalue weighted by Crippen LogP contribution is 2.46. The molecule has 2 N–H and O–H groups in total. The fourth-order valence-electron chi connectivity index (χ4n) is 5.32. The van der Waals surface area contributed by atoms with Gasteiger partial charge in [-0.2, -0.15) is 0 Å². The predicted molar refractivity (Wildman–Crippen MR) is 114 cm³/mol. The summed E-state index contributed by atoms with van der Waals surface area (Å²) in [5, 5.41) is 12.2. The van der Waals surface area contributed by atoms with Crippen LogP contribution >= 0.6 is 0 Å². The fraction of sp³-hybridized carbons (Fsp3) is 0.500. The molecule has 1 aromatic carbocycles. The maximum absolute atomic E-state index is 12.2. The van der Waals surface area contributed by atoms with E-state index in [-0.39, 0.29) is 16.8 Å². The summed E-state index contributed by atoms with van der Waals surface area (Å²) in [7, 11) is 0. The average molecular weight is 404 g/mol. The Morgan fingerprint density at radius 3 is 2.87 bits per heavy atom. The lowest BCUT2D eigenvalue weighted by molar-refractivity contribution is 0.444. The molecule has 4 aromatic rings. The summed E-state index contributed by atoms with van der Waals surface area (Å²) in [5.74, 6) is 2.12. The van der Waals surface area contributed by atoms with Gasteiger partial charge < -0.3 is 10.3 Å². The van der Waals surface area contributed by atoms with Crippen molar-refractivity contribution in [2.24, 2.45) is 11.8 Å². The van der Waals surface area contributed by atoms with E-state index in [0.29, 0.717) is 30.0 Å².